The number of aliphatic hydroxyl groups excluding tert-OH is 1. The zero-order valence-electron chi connectivity index (χ0n) is 11.8. The minimum atomic E-state index is -0.574. The molecule has 1 aromatic rings. The Kier molecular flexibility index (Phi) is 5.45. The highest BCUT2D eigenvalue weighted by atomic mass is 16.6. The standard InChI is InChI=1S/C13H19N3O4/c1-9(17)6-7-15(3)13(18)11-8-10(14-2)4-5-12(11)16(19)20/h4-5,8-9,14,17H,6-7H2,1-3H3. The normalized spacial score (nSPS) is 11.8. The molecule has 0 radical (unpaired) electrons. The molecule has 1 rings (SSSR count). The van der Waals surface area contributed by atoms with Gasteiger partial charge in [0.15, 0.2) is 0 Å². The number of carbonyl (C=O) groups is 1. The van der Waals surface area contributed by atoms with E-state index in [4.69, 9.17) is 0 Å². The molecule has 1 unspecified atom stereocenters. The third-order valence-corrected chi connectivity index (χ3v) is 2.94. The molecule has 0 saturated carbocycles. The van der Waals surface area contributed by atoms with Gasteiger partial charge < -0.3 is 15.3 Å². The molecule has 0 aromatic heterocycles. The van der Waals surface area contributed by atoms with E-state index in [1.165, 1.54) is 17.0 Å². The summed E-state index contributed by atoms with van der Waals surface area (Å²) < 4.78 is 0. The average molecular weight is 281 g/mol. The fraction of sp³-hybridized carbons (Fsp3) is 0.462. The molecule has 0 aliphatic heterocycles. The summed E-state index contributed by atoms with van der Waals surface area (Å²) in [6.45, 7) is 1.96. The predicted molar refractivity (Wildman–Crippen MR) is 75.9 cm³/mol. The van der Waals surface area contributed by atoms with E-state index >= 15 is 0 Å². The van der Waals surface area contributed by atoms with Crippen LogP contribution in [0.4, 0.5) is 11.4 Å². The highest BCUT2D eigenvalue weighted by Gasteiger charge is 2.23. The van der Waals surface area contributed by atoms with E-state index in [1.807, 2.05) is 0 Å². The number of carbonyl (C=O) groups excluding carboxylic acids is 1. The van der Waals surface area contributed by atoms with Gasteiger partial charge in [0.05, 0.1) is 11.0 Å². The van der Waals surface area contributed by atoms with Crippen LogP contribution in [-0.4, -0.2) is 47.6 Å². The third kappa shape index (κ3) is 3.92. The van der Waals surface area contributed by atoms with E-state index in [0.717, 1.165) is 0 Å². The molecule has 0 fully saturated rings. The summed E-state index contributed by atoms with van der Waals surface area (Å²) in [5.41, 5.74) is 0.440. The molecule has 7 nitrogen and oxygen atoms in total. The van der Waals surface area contributed by atoms with Gasteiger partial charge in [0, 0.05) is 32.4 Å². The number of nitro benzene ring substituents is 1. The van der Waals surface area contributed by atoms with Gasteiger partial charge in [-0.05, 0) is 25.5 Å². The smallest absolute Gasteiger partial charge is 0.282 e. The van der Waals surface area contributed by atoms with E-state index in [2.05, 4.69) is 5.32 Å². The number of amides is 1. The zero-order valence-corrected chi connectivity index (χ0v) is 11.8. The van der Waals surface area contributed by atoms with Gasteiger partial charge in [0.2, 0.25) is 0 Å². The van der Waals surface area contributed by atoms with Crippen molar-refractivity contribution < 1.29 is 14.8 Å². The van der Waals surface area contributed by atoms with Gasteiger partial charge in [-0.25, -0.2) is 0 Å². The number of aliphatic hydroxyl groups is 1. The predicted octanol–water partition coefficient (Wildman–Crippen LogP) is 1.48. The lowest BCUT2D eigenvalue weighted by Gasteiger charge is -2.18. The summed E-state index contributed by atoms with van der Waals surface area (Å²) in [5, 5.41) is 23.1. The minimum absolute atomic E-state index is 0.0370. The highest BCUT2D eigenvalue weighted by Crippen LogP contribution is 2.23. The second-order valence-electron chi connectivity index (χ2n) is 4.60. The van der Waals surface area contributed by atoms with Crippen LogP contribution in [0.5, 0.6) is 0 Å². The Morgan fingerprint density at radius 1 is 1.55 bits per heavy atom. The van der Waals surface area contributed by atoms with Crippen molar-refractivity contribution in [3.05, 3.63) is 33.9 Å². The maximum atomic E-state index is 12.3. The molecule has 0 bridgehead atoms. The Bertz CT molecular complexity index is 502. The van der Waals surface area contributed by atoms with Crippen LogP contribution in [0, 0.1) is 10.1 Å². The molecule has 110 valence electrons. The third-order valence-electron chi connectivity index (χ3n) is 2.94. The Balaban J connectivity index is 3.03. The van der Waals surface area contributed by atoms with Gasteiger partial charge in [-0.2, -0.15) is 0 Å². The van der Waals surface area contributed by atoms with E-state index < -0.39 is 16.9 Å². The summed E-state index contributed by atoms with van der Waals surface area (Å²) in [6, 6.07) is 4.31. The fourth-order valence-corrected chi connectivity index (χ4v) is 1.71. The lowest BCUT2D eigenvalue weighted by Crippen LogP contribution is -2.30. The molecule has 0 spiro atoms. The number of benzene rings is 1. The second kappa shape index (κ2) is 6.85. The first-order valence-corrected chi connectivity index (χ1v) is 6.26. The van der Waals surface area contributed by atoms with Crippen LogP contribution < -0.4 is 5.32 Å². The molecule has 0 aliphatic rings. The topological polar surface area (TPSA) is 95.7 Å². The van der Waals surface area contributed by atoms with E-state index in [-0.39, 0.29) is 11.3 Å². The lowest BCUT2D eigenvalue weighted by molar-refractivity contribution is -0.385. The summed E-state index contributed by atoms with van der Waals surface area (Å²) in [5.74, 6) is -0.436. The van der Waals surface area contributed by atoms with Crippen LogP contribution in [0.2, 0.25) is 0 Å². The van der Waals surface area contributed by atoms with Crippen molar-refractivity contribution in [1.29, 1.82) is 0 Å². The van der Waals surface area contributed by atoms with Gasteiger partial charge in [-0.1, -0.05) is 0 Å². The van der Waals surface area contributed by atoms with Crippen LogP contribution in [0.25, 0.3) is 0 Å². The molecule has 0 heterocycles. The Hall–Kier alpha value is -2.15. The second-order valence-corrected chi connectivity index (χ2v) is 4.60. The van der Waals surface area contributed by atoms with E-state index in [0.29, 0.717) is 18.7 Å². The van der Waals surface area contributed by atoms with E-state index in [9.17, 15) is 20.0 Å². The van der Waals surface area contributed by atoms with Crippen molar-refractivity contribution in [1.82, 2.24) is 4.90 Å². The van der Waals surface area contributed by atoms with Gasteiger partial charge in [0.1, 0.15) is 5.56 Å². The van der Waals surface area contributed by atoms with Gasteiger partial charge in [0.25, 0.3) is 11.6 Å². The quantitative estimate of drug-likeness (QED) is 0.608. The van der Waals surface area contributed by atoms with Crippen molar-refractivity contribution >= 4 is 17.3 Å². The van der Waals surface area contributed by atoms with Gasteiger partial charge >= 0.3 is 0 Å². The van der Waals surface area contributed by atoms with Crippen molar-refractivity contribution in [2.45, 2.75) is 19.4 Å². The zero-order chi connectivity index (χ0) is 15.3. The average Bonchev–Trinajstić information content (AvgIpc) is 2.42. The van der Waals surface area contributed by atoms with Crippen LogP contribution >= 0.6 is 0 Å². The summed E-state index contributed by atoms with van der Waals surface area (Å²) in [6.07, 6.45) is -0.106. The molecular weight excluding hydrogens is 262 g/mol. The van der Waals surface area contributed by atoms with Gasteiger partial charge in [-0.15, -0.1) is 0 Å². The maximum Gasteiger partial charge on any atom is 0.282 e. The van der Waals surface area contributed by atoms with Crippen molar-refractivity contribution in [2.75, 3.05) is 26.0 Å². The maximum absolute atomic E-state index is 12.3. The molecule has 7 heteroatoms. The van der Waals surface area contributed by atoms with Gasteiger partial charge in [-0.3, -0.25) is 14.9 Å². The van der Waals surface area contributed by atoms with Crippen molar-refractivity contribution in [3.63, 3.8) is 0 Å². The van der Waals surface area contributed by atoms with Crippen LogP contribution in [0.15, 0.2) is 18.2 Å². The molecule has 2 N–H and O–H groups in total. The largest absolute Gasteiger partial charge is 0.393 e. The van der Waals surface area contributed by atoms with Crippen LogP contribution in [0.3, 0.4) is 0 Å². The SMILES string of the molecule is CNc1ccc([N+](=O)[O-])c(C(=O)N(C)CCC(C)O)c1. The first-order chi connectivity index (χ1) is 9.36. The van der Waals surface area contributed by atoms with Crippen molar-refractivity contribution in [3.8, 4) is 0 Å². The monoisotopic (exact) mass is 281 g/mol. The Morgan fingerprint density at radius 2 is 2.20 bits per heavy atom. The molecule has 1 aromatic carbocycles. The first kappa shape index (κ1) is 15.9. The molecule has 20 heavy (non-hydrogen) atoms. The first-order valence-electron chi connectivity index (χ1n) is 6.26. The van der Waals surface area contributed by atoms with Crippen LogP contribution in [-0.2, 0) is 0 Å². The Morgan fingerprint density at radius 3 is 2.70 bits per heavy atom. The number of hydrogen-bond donors (Lipinski definition) is 2. The summed E-state index contributed by atoms with van der Waals surface area (Å²) in [4.78, 5) is 24.0. The number of anilines is 1. The fourth-order valence-electron chi connectivity index (χ4n) is 1.71. The molecule has 1 amide bonds. The molecule has 0 saturated heterocycles. The summed E-state index contributed by atoms with van der Waals surface area (Å²) in [7, 11) is 3.23. The highest BCUT2D eigenvalue weighted by molar-refractivity contribution is 5.99. The number of nitro groups is 1. The lowest BCUT2D eigenvalue weighted by atomic mass is 10.1. The van der Waals surface area contributed by atoms with Crippen LogP contribution in [0.1, 0.15) is 23.7 Å². The summed E-state index contributed by atoms with van der Waals surface area (Å²) >= 11 is 0. The number of nitrogens with one attached hydrogen (secondary N) is 1. The minimum Gasteiger partial charge on any atom is -0.393 e. The van der Waals surface area contributed by atoms with E-state index in [1.54, 1.807) is 27.1 Å². The molecule has 0 aliphatic carbocycles. The van der Waals surface area contributed by atoms with Crippen molar-refractivity contribution in [2.24, 2.45) is 0 Å². The number of hydrogen-bond acceptors (Lipinski definition) is 5. The molecular formula is C13H19N3O4. The number of rotatable bonds is 6. The number of nitrogens with zero attached hydrogens (tertiary/aromatic N) is 2. The molecule has 1 atom stereocenters. The Labute approximate surface area is 117 Å².